The van der Waals surface area contributed by atoms with Crippen LogP contribution in [-0.2, 0) is 9.59 Å². The van der Waals surface area contributed by atoms with Gasteiger partial charge in [-0.15, -0.1) is 11.3 Å². The molecule has 3 aromatic carbocycles. The molecule has 2 N–H and O–H groups in total. The second kappa shape index (κ2) is 11.5. The summed E-state index contributed by atoms with van der Waals surface area (Å²) in [5.41, 5.74) is 4.16. The average Bonchev–Trinajstić information content (AvgIpc) is 3.26. The van der Waals surface area contributed by atoms with E-state index in [4.69, 9.17) is 11.6 Å². The molecule has 0 aliphatic heterocycles. The van der Waals surface area contributed by atoms with Crippen molar-refractivity contribution in [2.24, 2.45) is 0 Å². The van der Waals surface area contributed by atoms with Crippen molar-refractivity contribution < 1.29 is 9.59 Å². The summed E-state index contributed by atoms with van der Waals surface area (Å²) in [6.45, 7) is 3.91. The van der Waals surface area contributed by atoms with Gasteiger partial charge in [0.2, 0.25) is 11.8 Å². The van der Waals surface area contributed by atoms with Gasteiger partial charge in [-0.25, -0.2) is 4.98 Å². The number of thiazole rings is 1. The van der Waals surface area contributed by atoms with Gasteiger partial charge in [-0.3, -0.25) is 9.59 Å². The van der Waals surface area contributed by atoms with E-state index in [2.05, 4.69) is 15.6 Å². The van der Waals surface area contributed by atoms with E-state index in [1.165, 1.54) is 29.2 Å². The van der Waals surface area contributed by atoms with E-state index in [1.807, 2.05) is 68.4 Å². The summed E-state index contributed by atoms with van der Waals surface area (Å²) in [6.07, 6.45) is 3.94. The average molecular weight is 522 g/mol. The minimum Gasteiger partial charge on any atom is -0.325 e. The fourth-order valence-corrected chi connectivity index (χ4v) is 5.78. The largest absolute Gasteiger partial charge is 0.325 e. The topological polar surface area (TPSA) is 71.1 Å². The molecular formula is C27H24ClN3O2S2. The Labute approximate surface area is 217 Å². The van der Waals surface area contributed by atoms with E-state index in [0.29, 0.717) is 22.8 Å². The van der Waals surface area contributed by atoms with Crippen LogP contribution in [0.15, 0.2) is 77.1 Å². The molecule has 0 aliphatic carbocycles. The minimum atomic E-state index is -0.295. The molecule has 4 rings (SSSR count). The van der Waals surface area contributed by atoms with Crippen LogP contribution in [0, 0.1) is 6.92 Å². The molecule has 0 spiro atoms. The van der Waals surface area contributed by atoms with Crippen molar-refractivity contribution in [2.45, 2.75) is 29.9 Å². The summed E-state index contributed by atoms with van der Waals surface area (Å²) in [4.78, 5) is 29.9. The van der Waals surface area contributed by atoms with Crippen molar-refractivity contribution in [3.8, 4) is 0 Å². The van der Waals surface area contributed by atoms with Crippen molar-refractivity contribution >= 4 is 74.2 Å². The lowest BCUT2D eigenvalue weighted by Gasteiger charge is -2.14. The Morgan fingerprint density at radius 1 is 1.09 bits per heavy atom. The highest BCUT2D eigenvalue weighted by atomic mass is 35.5. The SMILES string of the molecule is CCC(Sc1nc2ccc(NC(=O)/C=C/c3ccccc3)cc2s1)C(=O)Nc1cc(Cl)ccc1C. The number of carbonyl (C=O) groups excluding carboxylic acids is 2. The van der Waals surface area contributed by atoms with Gasteiger partial charge in [0.15, 0.2) is 4.34 Å². The number of thioether (sulfide) groups is 1. The van der Waals surface area contributed by atoms with E-state index < -0.39 is 0 Å². The van der Waals surface area contributed by atoms with Crippen LogP contribution in [0.2, 0.25) is 5.02 Å². The number of nitrogens with one attached hydrogen (secondary N) is 2. The Kier molecular flexibility index (Phi) is 8.23. The van der Waals surface area contributed by atoms with Gasteiger partial charge in [0.05, 0.1) is 15.5 Å². The lowest BCUT2D eigenvalue weighted by atomic mass is 10.2. The van der Waals surface area contributed by atoms with Crippen LogP contribution in [0.5, 0.6) is 0 Å². The first kappa shape index (κ1) is 25.0. The van der Waals surface area contributed by atoms with Crippen molar-refractivity contribution in [1.29, 1.82) is 0 Å². The maximum absolute atomic E-state index is 12.9. The number of aromatic nitrogens is 1. The molecule has 35 heavy (non-hydrogen) atoms. The molecule has 0 bridgehead atoms. The van der Waals surface area contributed by atoms with Crippen LogP contribution in [-0.4, -0.2) is 22.0 Å². The summed E-state index contributed by atoms with van der Waals surface area (Å²) < 4.78 is 1.75. The summed E-state index contributed by atoms with van der Waals surface area (Å²) in [5.74, 6) is -0.286. The number of aryl methyl sites for hydroxylation is 1. The van der Waals surface area contributed by atoms with Crippen LogP contribution in [0.1, 0.15) is 24.5 Å². The fraction of sp³-hybridized carbons (Fsp3) is 0.148. The zero-order valence-electron chi connectivity index (χ0n) is 19.2. The monoisotopic (exact) mass is 521 g/mol. The normalized spacial score (nSPS) is 12.1. The molecule has 0 fully saturated rings. The van der Waals surface area contributed by atoms with Gasteiger partial charge in [0.25, 0.3) is 0 Å². The number of anilines is 2. The van der Waals surface area contributed by atoms with Gasteiger partial charge >= 0.3 is 0 Å². The molecule has 1 aromatic heterocycles. The second-order valence-corrected chi connectivity index (χ2v) is 10.8. The Bertz CT molecular complexity index is 1390. The van der Waals surface area contributed by atoms with E-state index in [9.17, 15) is 9.59 Å². The molecule has 1 unspecified atom stereocenters. The number of rotatable bonds is 8. The van der Waals surface area contributed by atoms with Crippen molar-refractivity contribution in [1.82, 2.24) is 4.98 Å². The molecule has 0 saturated carbocycles. The summed E-state index contributed by atoms with van der Waals surface area (Å²) >= 11 is 9.03. The van der Waals surface area contributed by atoms with Gasteiger partial charge in [-0.05, 0) is 60.9 Å². The molecule has 1 atom stereocenters. The first-order valence-electron chi connectivity index (χ1n) is 11.1. The molecule has 0 radical (unpaired) electrons. The molecular weight excluding hydrogens is 498 g/mol. The predicted molar refractivity (Wildman–Crippen MR) is 148 cm³/mol. The Hall–Kier alpha value is -3.13. The van der Waals surface area contributed by atoms with Crippen LogP contribution < -0.4 is 10.6 Å². The van der Waals surface area contributed by atoms with E-state index in [0.717, 1.165) is 25.7 Å². The number of hydrogen-bond donors (Lipinski definition) is 2. The highest BCUT2D eigenvalue weighted by molar-refractivity contribution is 8.02. The van der Waals surface area contributed by atoms with Crippen LogP contribution in [0.25, 0.3) is 16.3 Å². The Balaban J connectivity index is 1.42. The molecule has 4 aromatic rings. The number of halogens is 1. The van der Waals surface area contributed by atoms with Crippen LogP contribution in [0.4, 0.5) is 11.4 Å². The Morgan fingerprint density at radius 2 is 1.89 bits per heavy atom. The van der Waals surface area contributed by atoms with Gasteiger partial charge in [0.1, 0.15) is 0 Å². The number of nitrogens with zero attached hydrogens (tertiary/aromatic N) is 1. The van der Waals surface area contributed by atoms with Crippen LogP contribution >= 0.6 is 34.7 Å². The maximum Gasteiger partial charge on any atom is 0.248 e. The second-order valence-electron chi connectivity index (χ2n) is 7.86. The lowest BCUT2D eigenvalue weighted by Crippen LogP contribution is -2.24. The lowest BCUT2D eigenvalue weighted by molar-refractivity contribution is -0.115. The standard InChI is InChI=1S/C27H24ClN3O2S2/c1-3-23(26(33)30-22-15-19(28)11-9-17(22)2)34-27-31-21-13-12-20(16-24(21)35-27)29-25(32)14-10-18-7-5-4-6-8-18/h4-16,23H,3H2,1-2H3,(H,29,32)(H,30,33)/b14-10+. The number of fused-ring (bicyclic) bond motifs is 1. The minimum absolute atomic E-state index is 0.0831. The Morgan fingerprint density at radius 3 is 2.66 bits per heavy atom. The first-order valence-corrected chi connectivity index (χ1v) is 13.2. The molecule has 8 heteroatoms. The first-order chi connectivity index (χ1) is 16.9. The highest BCUT2D eigenvalue weighted by Gasteiger charge is 2.21. The van der Waals surface area contributed by atoms with Crippen molar-refractivity contribution in [2.75, 3.05) is 10.6 Å². The van der Waals surface area contributed by atoms with Gasteiger partial charge in [-0.1, -0.05) is 66.7 Å². The van der Waals surface area contributed by atoms with E-state index in [-0.39, 0.29) is 17.1 Å². The van der Waals surface area contributed by atoms with Crippen LogP contribution in [0.3, 0.4) is 0 Å². The summed E-state index contributed by atoms with van der Waals surface area (Å²) in [7, 11) is 0. The molecule has 0 saturated heterocycles. The number of benzene rings is 3. The summed E-state index contributed by atoms with van der Waals surface area (Å²) in [6, 6.07) is 20.7. The third kappa shape index (κ3) is 6.72. The maximum atomic E-state index is 12.9. The quantitative estimate of drug-likeness (QED) is 0.187. The zero-order valence-corrected chi connectivity index (χ0v) is 21.6. The van der Waals surface area contributed by atoms with E-state index in [1.54, 1.807) is 18.2 Å². The van der Waals surface area contributed by atoms with Crippen molar-refractivity contribution in [3.63, 3.8) is 0 Å². The van der Waals surface area contributed by atoms with Gasteiger partial charge < -0.3 is 10.6 Å². The third-order valence-electron chi connectivity index (χ3n) is 5.23. The van der Waals surface area contributed by atoms with E-state index >= 15 is 0 Å². The number of amides is 2. The smallest absolute Gasteiger partial charge is 0.248 e. The number of carbonyl (C=O) groups is 2. The molecule has 0 aliphatic rings. The molecule has 1 heterocycles. The van der Waals surface area contributed by atoms with Gasteiger partial charge in [-0.2, -0.15) is 0 Å². The highest BCUT2D eigenvalue weighted by Crippen LogP contribution is 2.35. The number of hydrogen-bond acceptors (Lipinski definition) is 5. The summed E-state index contributed by atoms with van der Waals surface area (Å²) in [5, 5.41) is 6.17. The van der Waals surface area contributed by atoms with Gasteiger partial charge in [0, 0.05) is 22.5 Å². The zero-order chi connectivity index (χ0) is 24.8. The predicted octanol–water partition coefficient (Wildman–Crippen LogP) is 7.42. The molecule has 178 valence electrons. The molecule has 2 amide bonds. The molecule has 5 nitrogen and oxygen atoms in total. The van der Waals surface area contributed by atoms with Crippen molar-refractivity contribution in [3.05, 3.63) is 89.0 Å². The fourth-order valence-electron chi connectivity index (χ4n) is 3.34. The third-order valence-corrected chi connectivity index (χ3v) is 7.94.